The third kappa shape index (κ3) is 4.85. The van der Waals surface area contributed by atoms with E-state index >= 15 is 0 Å². The molecule has 1 aliphatic carbocycles. The van der Waals surface area contributed by atoms with Crippen molar-refractivity contribution in [2.45, 2.75) is 71.4 Å². The average molecular weight is 440 g/mol. The van der Waals surface area contributed by atoms with E-state index in [1.54, 1.807) is 6.07 Å². The Morgan fingerprint density at radius 3 is 2.56 bits per heavy atom. The van der Waals surface area contributed by atoms with Gasteiger partial charge in [0.15, 0.2) is 5.65 Å². The Balaban J connectivity index is 1.61. The van der Waals surface area contributed by atoms with Crippen LogP contribution in [0.1, 0.15) is 74.8 Å². The summed E-state index contributed by atoms with van der Waals surface area (Å²) >= 11 is 0. The van der Waals surface area contributed by atoms with Gasteiger partial charge in [0.2, 0.25) is 0 Å². The highest BCUT2D eigenvalue weighted by Crippen LogP contribution is 2.39. The predicted molar refractivity (Wildman–Crippen MR) is 125 cm³/mol. The minimum atomic E-state index is -0.547. The van der Waals surface area contributed by atoms with Gasteiger partial charge >= 0.3 is 5.69 Å². The number of amides is 1. The minimum absolute atomic E-state index is 0.0682. The quantitative estimate of drug-likeness (QED) is 0.646. The number of nitrogens with one attached hydrogen (secondary N) is 2. The third-order valence-electron chi connectivity index (χ3n) is 6.34. The molecule has 4 rings (SSSR count). The van der Waals surface area contributed by atoms with E-state index in [-0.39, 0.29) is 17.3 Å². The zero-order chi connectivity index (χ0) is 22.8. The molecule has 2 fully saturated rings. The summed E-state index contributed by atoms with van der Waals surface area (Å²) in [5, 5.41) is 3.35. The molecule has 0 spiro atoms. The second kappa shape index (κ2) is 9.40. The van der Waals surface area contributed by atoms with Crippen molar-refractivity contribution in [3.05, 3.63) is 49.8 Å². The van der Waals surface area contributed by atoms with Crippen LogP contribution in [0.2, 0.25) is 0 Å². The number of fused-ring (bicyclic) bond motifs is 1. The number of allylic oxidation sites excluding steroid dienone is 1. The number of carbonyl (C=O) groups excluding carboxylic acids is 1. The zero-order valence-electron chi connectivity index (χ0n) is 19.2. The lowest BCUT2D eigenvalue weighted by Gasteiger charge is -2.31. The molecule has 0 radical (unpaired) electrons. The fourth-order valence-electron chi connectivity index (χ4n) is 4.33. The van der Waals surface area contributed by atoms with Crippen molar-refractivity contribution < 1.29 is 4.79 Å². The standard InChI is InChI=1S/C24H33N5O3/c1-4-10-29-21-20(23(31)27-24(29)32)18(14-19(26-21)16-5-6-16)22(30)25-17-8-12-28(13-9-17)11-7-15(2)3/h7,14,16-17H,4-6,8-13H2,1-3H3,(H,25,30)(H,27,31,32). The Morgan fingerprint density at radius 1 is 1.22 bits per heavy atom. The molecule has 0 atom stereocenters. The summed E-state index contributed by atoms with van der Waals surface area (Å²) in [5.74, 6) is 0.0444. The normalized spacial score (nSPS) is 17.5. The number of nitrogens with zero attached hydrogens (tertiary/aromatic N) is 3. The third-order valence-corrected chi connectivity index (χ3v) is 6.34. The van der Waals surface area contributed by atoms with Crippen LogP contribution in [0.5, 0.6) is 0 Å². The highest BCUT2D eigenvalue weighted by molar-refractivity contribution is 6.05. The van der Waals surface area contributed by atoms with E-state index < -0.39 is 11.2 Å². The molecule has 3 heterocycles. The molecular weight excluding hydrogens is 406 g/mol. The van der Waals surface area contributed by atoms with Crippen LogP contribution < -0.4 is 16.6 Å². The molecule has 32 heavy (non-hydrogen) atoms. The molecule has 2 N–H and O–H groups in total. The largest absolute Gasteiger partial charge is 0.349 e. The summed E-state index contributed by atoms with van der Waals surface area (Å²) in [5.41, 5.74) is 1.74. The number of piperidine rings is 1. The first-order valence-electron chi connectivity index (χ1n) is 11.7. The lowest BCUT2D eigenvalue weighted by molar-refractivity contribution is 0.0915. The van der Waals surface area contributed by atoms with Crippen LogP contribution in [0.4, 0.5) is 0 Å². The minimum Gasteiger partial charge on any atom is -0.349 e. The Morgan fingerprint density at radius 2 is 1.94 bits per heavy atom. The first-order valence-corrected chi connectivity index (χ1v) is 11.7. The van der Waals surface area contributed by atoms with E-state index in [1.807, 2.05) is 6.92 Å². The van der Waals surface area contributed by atoms with Crippen LogP contribution in [0, 0.1) is 0 Å². The van der Waals surface area contributed by atoms with E-state index in [0.29, 0.717) is 23.7 Å². The number of pyridine rings is 1. The lowest BCUT2D eigenvalue weighted by atomic mass is 10.0. The summed E-state index contributed by atoms with van der Waals surface area (Å²) in [6.45, 7) is 9.40. The van der Waals surface area contributed by atoms with Gasteiger partial charge in [-0.1, -0.05) is 18.6 Å². The highest BCUT2D eigenvalue weighted by atomic mass is 16.2. The Hall–Kier alpha value is -2.74. The molecule has 0 unspecified atom stereocenters. The van der Waals surface area contributed by atoms with E-state index in [0.717, 1.165) is 57.4 Å². The lowest BCUT2D eigenvalue weighted by Crippen LogP contribution is -2.45. The number of carbonyl (C=O) groups is 1. The van der Waals surface area contributed by atoms with Crippen LogP contribution >= 0.6 is 0 Å². The summed E-state index contributed by atoms with van der Waals surface area (Å²) in [6, 6.07) is 1.83. The van der Waals surface area contributed by atoms with Crippen LogP contribution in [-0.4, -0.2) is 51.0 Å². The van der Waals surface area contributed by atoms with Crippen molar-refractivity contribution in [2.24, 2.45) is 0 Å². The molecule has 1 saturated carbocycles. The average Bonchev–Trinajstić information content (AvgIpc) is 3.60. The van der Waals surface area contributed by atoms with Gasteiger partial charge in [0, 0.05) is 43.8 Å². The molecule has 2 aliphatic rings. The number of likely N-dealkylation sites (tertiary alicyclic amines) is 1. The van der Waals surface area contributed by atoms with Crippen molar-refractivity contribution in [1.82, 2.24) is 24.8 Å². The number of hydrogen-bond donors (Lipinski definition) is 2. The fourth-order valence-corrected chi connectivity index (χ4v) is 4.33. The van der Waals surface area contributed by atoms with Crippen molar-refractivity contribution in [2.75, 3.05) is 19.6 Å². The van der Waals surface area contributed by atoms with Crippen LogP contribution in [0.25, 0.3) is 11.0 Å². The molecule has 8 heteroatoms. The van der Waals surface area contributed by atoms with Crippen molar-refractivity contribution in [1.29, 1.82) is 0 Å². The maximum atomic E-state index is 13.3. The van der Waals surface area contributed by atoms with Crippen molar-refractivity contribution in [3.63, 3.8) is 0 Å². The zero-order valence-corrected chi connectivity index (χ0v) is 19.2. The number of H-pyrrole nitrogens is 1. The van der Waals surface area contributed by atoms with E-state index in [2.05, 4.69) is 40.1 Å². The summed E-state index contributed by atoms with van der Waals surface area (Å²) < 4.78 is 1.49. The van der Waals surface area contributed by atoms with Gasteiger partial charge < -0.3 is 5.32 Å². The van der Waals surface area contributed by atoms with Gasteiger partial charge in [-0.3, -0.25) is 24.0 Å². The molecule has 0 bridgehead atoms. The second-order valence-electron chi connectivity index (χ2n) is 9.31. The predicted octanol–water partition coefficient (Wildman–Crippen LogP) is 2.53. The Bertz CT molecular complexity index is 1150. The van der Waals surface area contributed by atoms with Gasteiger partial charge in [-0.05, 0) is 52.0 Å². The first kappa shape index (κ1) is 22.5. The molecular formula is C24H33N5O3. The Labute approximate surface area is 187 Å². The fraction of sp³-hybridized carbons (Fsp3) is 0.583. The molecule has 1 saturated heterocycles. The van der Waals surface area contributed by atoms with Crippen LogP contribution in [-0.2, 0) is 6.54 Å². The molecule has 0 aromatic carbocycles. The molecule has 1 aliphatic heterocycles. The van der Waals surface area contributed by atoms with Crippen LogP contribution in [0.15, 0.2) is 27.3 Å². The molecule has 172 valence electrons. The smallest absolute Gasteiger partial charge is 0.329 e. The Kier molecular flexibility index (Phi) is 6.60. The van der Waals surface area contributed by atoms with Gasteiger partial charge in [0.25, 0.3) is 11.5 Å². The molecule has 8 nitrogen and oxygen atoms in total. The van der Waals surface area contributed by atoms with Crippen molar-refractivity contribution in [3.8, 4) is 0 Å². The monoisotopic (exact) mass is 439 g/mol. The number of aryl methyl sites for hydroxylation is 1. The summed E-state index contributed by atoms with van der Waals surface area (Å²) in [4.78, 5) is 47.9. The van der Waals surface area contributed by atoms with Gasteiger partial charge in [-0.2, -0.15) is 0 Å². The van der Waals surface area contributed by atoms with Gasteiger partial charge in [0.05, 0.1) is 10.9 Å². The maximum absolute atomic E-state index is 13.3. The first-order chi connectivity index (χ1) is 15.4. The topological polar surface area (TPSA) is 100 Å². The van der Waals surface area contributed by atoms with E-state index in [4.69, 9.17) is 0 Å². The maximum Gasteiger partial charge on any atom is 0.329 e. The van der Waals surface area contributed by atoms with E-state index in [9.17, 15) is 14.4 Å². The summed E-state index contributed by atoms with van der Waals surface area (Å²) in [7, 11) is 0. The highest BCUT2D eigenvalue weighted by Gasteiger charge is 2.29. The van der Waals surface area contributed by atoms with Crippen molar-refractivity contribution >= 4 is 16.9 Å². The second-order valence-corrected chi connectivity index (χ2v) is 9.31. The number of aromatic amines is 1. The van der Waals surface area contributed by atoms with Gasteiger partial charge in [-0.25, -0.2) is 9.78 Å². The van der Waals surface area contributed by atoms with E-state index in [1.165, 1.54) is 10.1 Å². The molecule has 2 aromatic heterocycles. The summed E-state index contributed by atoms with van der Waals surface area (Å²) in [6.07, 6.45) is 6.73. The number of aromatic nitrogens is 3. The van der Waals surface area contributed by atoms with Gasteiger partial charge in [-0.15, -0.1) is 0 Å². The number of rotatable bonds is 7. The molecule has 1 amide bonds. The van der Waals surface area contributed by atoms with Gasteiger partial charge in [0.1, 0.15) is 0 Å². The van der Waals surface area contributed by atoms with Crippen LogP contribution in [0.3, 0.4) is 0 Å². The SMILES string of the molecule is CCCn1c(=O)[nH]c(=O)c2c(C(=O)NC3CCN(CC=C(C)C)CC3)cc(C3CC3)nc21. The number of hydrogen-bond acceptors (Lipinski definition) is 5. The molecule has 2 aromatic rings.